The number of cyclic esters (lactones) is 2. The number of carboxylic acids is 2. The molecule has 3 rings (SSSR count). The summed E-state index contributed by atoms with van der Waals surface area (Å²) in [5.41, 5.74) is 0.131. The molecule has 2 N–H and O–H groups in total. The topological polar surface area (TPSA) is 214 Å². The van der Waals surface area contributed by atoms with Crippen molar-refractivity contribution in [2.45, 2.75) is 108 Å². The zero-order chi connectivity index (χ0) is 52.4. The van der Waals surface area contributed by atoms with Crippen LogP contribution in [0.2, 0.25) is 0 Å². The minimum Gasteiger partial charge on any atom is -0.481 e. The Morgan fingerprint density at radius 3 is 1.90 bits per heavy atom. The summed E-state index contributed by atoms with van der Waals surface area (Å²) in [5, 5.41) is 15.1. The highest BCUT2D eigenvalue weighted by atomic mass is 32.2. The van der Waals surface area contributed by atoms with Gasteiger partial charge in [-0.2, -0.15) is 0 Å². The number of hydrogen-bond acceptors (Lipinski definition) is 18. The van der Waals surface area contributed by atoms with Crippen molar-refractivity contribution in [2.75, 3.05) is 37.9 Å². The molecule has 1 fully saturated rings. The molecule has 1 heterocycles. The predicted octanol–water partition coefficient (Wildman–Crippen LogP) is 10.2. The Kier molecular flexibility index (Phi) is 29.6. The average molecular weight is 1090 g/mol. The lowest BCUT2D eigenvalue weighted by molar-refractivity contribution is -0.148. The van der Waals surface area contributed by atoms with Gasteiger partial charge in [0.05, 0.1) is 37.4 Å². The molecule has 0 bridgehead atoms. The molecule has 2 aromatic rings. The number of aliphatic carboxylic acids is 2. The third-order valence-electron chi connectivity index (χ3n) is 9.46. The number of unbranched alkanes of at least 4 members (excludes halogenated alkanes) is 1. The molecule has 0 spiro atoms. The first-order valence-corrected chi connectivity index (χ1v) is 28.0. The lowest BCUT2D eigenvalue weighted by atomic mass is 9.85. The van der Waals surface area contributed by atoms with E-state index >= 15 is 0 Å². The van der Waals surface area contributed by atoms with Crippen LogP contribution < -0.4 is 0 Å². The predicted molar refractivity (Wildman–Crippen MR) is 287 cm³/mol. The Morgan fingerprint density at radius 2 is 1.36 bits per heavy atom. The van der Waals surface area contributed by atoms with Gasteiger partial charge in [-0.1, -0.05) is 129 Å². The second-order valence-electron chi connectivity index (χ2n) is 16.1. The average Bonchev–Trinajstić information content (AvgIpc) is 3.28. The molecular formula is C48H64O14S7. The maximum Gasteiger partial charge on any atom is 0.335 e. The number of thioether (sulfide) groups is 4. The first kappa shape index (κ1) is 63.3. The minimum atomic E-state index is -4.09. The van der Waals surface area contributed by atoms with Crippen LogP contribution in [0.5, 0.6) is 0 Å². The molecule has 0 amide bonds. The summed E-state index contributed by atoms with van der Waals surface area (Å²) < 4.78 is 47.3. The van der Waals surface area contributed by atoms with Crippen LogP contribution >= 0.6 is 71.5 Å². The van der Waals surface area contributed by atoms with Gasteiger partial charge in [-0.15, -0.1) is 23.5 Å². The highest BCUT2D eigenvalue weighted by Crippen LogP contribution is 2.34. The van der Waals surface area contributed by atoms with Gasteiger partial charge in [0, 0.05) is 5.57 Å². The van der Waals surface area contributed by atoms with E-state index in [1.54, 1.807) is 71.0 Å². The number of esters is 4. The van der Waals surface area contributed by atoms with Crippen molar-refractivity contribution in [1.82, 2.24) is 0 Å². The Labute approximate surface area is 434 Å². The van der Waals surface area contributed by atoms with E-state index < -0.39 is 60.3 Å². The van der Waals surface area contributed by atoms with E-state index in [0.717, 1.165) is 20.6 Å². The fourth-order valence-corrected chi connectivity index (χ4v) is 12.6. The standard InChI is InChI=1S/C24H32O6S3.C17H20O6S.C7H12O2S3/c1-5-32-23(31)33-17(2)20(25)29-13-9-10-14-30-21(26)19(16-24(3,4)22(27)28)15-18-11-7-6-8-12-18;1-12-15(14-8-4-3-5-9-14)24(20,21)13(2)17(19)23-11-7-6-10-22-16(12)18;1-4-11-6(10)12-7(2,3)5(8)9/h6-8,11-12,15,17H,5,9-10,13-14,16H2,1-4H3,(H,27,28);3-5,8-9,13,15H,1,6-7,10-11H2,2H3;4H2,1-3H3,(H,8,9)/b19-15+;;. The SMILES string of the molecule is C=C1C(=O)OCCCCOC(=O)C(C)S(=O)(=O)C1c1ccccc1.CCSC(=S)SC(C)(C)C(=O)O.CCSC(=S)SC(C)C(=O)OCCCCOC(=O)/C(=C/c1ccccc1)CC(C)(C)C(=O)O. The maximum atomic E-state index is 12.9. The van der Waals surface area contributed by atoms with Crippen LogP contribution in [0.3, 0.4) is 0 Å². The number of carbonyl (C=O) groups is 6. The monoisotopic (exact) mass is 1090 g/mol. The van der Waals surface area contributed by atoms with Gasteiger partial charge in [-0.05, 0) is 102 Å². The van der Waals surface area contributed by atoms with E-state index in [-0.39, 0.29) is 49.6 Å². The molecule has 21 heteroatoms. The molecule has 0 aliphatic carbocycles. The van der Waals surface area contributed by atoms with Gasteiger partial charge in [0.2, 0.25) is 0 Å². The fourth-order valence-electron chi connectivity index (χ4n) is 5.39. The molecule has 382 valence electrons. The van der Waals surface area contributed by atoms with E-state index in [2.05, 4.69) is 6.58 Å². The number of benzene rings is 2. The first-order valence-electron chi connectivity index (χ1n) is 21.9. The quantitative estimate of drug-likeness (QED) is 0.0495. The van der Waals surface area contributed by atoms with Crippen molar-refractivity contribution in [2.24, 2.45) is 5.41 Å². The summed E-state index contributed by atoms with van der Waals surface area (Å²) >= 11 is 15.7. The van der Waals surface area contributed by atoms with Gasteiger partial charge >= 0.3 is 35.8 Å². The zero-order valence-corrected chi connectivity index (χ0v) is 45.9. The smallest absolute Gasteiger partial charge is 0.335 e. The second-order valence-corrected chi connectivity index (χ2v) is 26.3. The Bertz CT molecular complexity index is 2190. The zero-order valence-electron chi connectivity index (χ0n) is 40.2. The summed E-state index contributed by atoms with van der Waals surface area (Å²) in [6.07, 6.45) is 3.77. The van der Waals surface area contributed by atoms with Crippen LogP contribution in [0.4, 0.5) is 0 Å². The lowest BCUT2D eigenvalue weighted by Gasteiger charge is -2.23. The van der Waals surface area contributed by atoms with Gasteiger partial charge in [0.15, 0.2) is 15.1 Å². The molecule has 1 aliphatic rings. The van der Waals surface area contributed by atoms with Crippen LogP contribution in [0.25, 0.3) is 6.08 Å². The fraction of sp³-hybridized carbons (Fsp3) is 0.500. The molecule has 69 heavy (non-hydrogen) atoms. The first-order chi connectivity index (χ1) is 32.3. The van der Waals surface area contributed by atoms with Crippen LogP contribution in [0.1, 0.15) is 104 Å². The van der Waals surface area contributed by atoms with Gasteiger partial charge in [0.25, 0.3) is 0 Å². The van der Waals surface area contributed by atoms with Gasteiger partial charge < -0.3 is 29.2 Å². The molecule has 2 aromatic carbocycles. The van der Waals surface area contributed by atoms with Crippen LogP contribution in [-0.4, -0.2) is 115 Å². The lowest BCUT2D eigenvalue weighted by Crippen LogP contribution is -2.35. The molecule has 1 saturated heterocycles. The third-order valence-corrected chi connectivity index (χ3v) is 17.0. The number of sulfone groups is 1. The molecule has 1 aliphatic heterocycles. The molecule has 0 saturated carbocycles. The number of carboxylic acid groups (broad SMARTS) is 2. The Morgan fingerprint density at radius 1 is 0.841 bits per heavy atom. The molecule has 14 nitrogen and oxygen atoms in total. The summed E-state index contributed by atoms with van der Waals surface area (Å²) in [4.78, 5) is 71.1. The van der Waals surface area contributed by atoms with Gasteiger partial charge in [0.1, 0.15) is 22.3 Å². The van der Waals surface area contributed by atoms with Crippen molar-refractivity contribution in [3.8, 4) is 0 Å². The number of hydrogen-bond donors (Lipinski definition) is 2. The number of thiocarbonyl (C=S) groups is 2. The second kappa shape index (κ2) is 32.3. The van der Waals surface area contributed by atoms with E-state index in [4.69, 9.17) is 48.5 Å². The maximum absolute atomic E-state index is 12.9. The molecule has 3 atom stereocenters. The summed E-state index contributed by atoms with van der Waals surface area (Å²) in [7, 11) is -4.09. The van der Waals surface area contributed by atoms with Crippen molar-refractivity contribution in [1.29, 1.82) is 0 Å². The van der Waals surface area contributed by atoms with Gasteiger partial charge in [-0.25, -0.2) is 18.0 Å². The molecular weight excluding hydrogens is 1020 g/mol. The normalized spacial score (nSPS) is 17.0. The third kappa shape index (κ3) is 23.8. The largest absolute Gasteiger partial charge is 0.481 e. The van der Waals surface area contributed by atoms with Crippen molar-refractivity contribution in [3.63, 3.8) is 0 Å². The Hall–Kier alpha value is -3.73. The van der Waals surface area contributed by atoms with Crippen molar-refractivity contribution in [3.05, 3.63) is 89.5 Å². The van der Waals surface area contributed by atoms with E-state index in [1.165, 1.54) is 54.0 Å². The van der Waals surface area contributed by atoms with E-state index in [0.29, 0.717) is 40.3 Å². The van der Waals surface area contributed by atoms with Crippen molar-refractivity contribution < 1.29 is 66.3 Å². The molecule has 0 aromatic heterocycles. The highest BCUT2D eigenvalue weighted by molar-refractivity contribution is 8.48. The Balaban J connectivity index is 0.000000574. The van der Waals surface area contributed by atoms with Gasteiger partial charge in [-0.3, -0.25) is 19.2 Å². The van der Waals surface area contributed by atoms with E-state index in [9.17, 15) is 42.3 Å². The van der Waals surface area contributed by atoms with E-state index in [1.807, 2.05) is 44.2 Å². The van der Waals surface area contributed by atoms with Crippen LogP contribution in [0.15, 0.2) is 78.4 Å². The molecule has 0 radical (unpaired) electrons. The minimum absolute atomic E-state index is 0.0431. The summed E-state index contributed by atoms with van der Waals surface area (Å²) in [6, 6.07) is 17.4. The number of rotatable bonds is 17. The number of ether oxygens (including phenoxy) is 4. The summed E-state index contributed by atoms with van der Waals surface area (Å²) in [5.74, 6) is -2.52. The van der Waals surface area contributed by atoms with Crippen LogP contribution in [0, 0.1) is 5.41 Å². The van der Waals surface area contributed by atoms with Crippen molar-refractivity contribution >= 4 is 130 Å². The molecule has 3 unspecified atom stereocenters. The number of carbonyl (C=O) groups excluding carboxylic acids is 4. The highest BCUT2D eigenvalue weighted by Gasteiger charge is 2.41. The van der Waals surface area contributed by atoms with Crippen LogP contribution in [-0.2, 0) is 57.6 Å². The summed E-state index contributed by atoms with van der Waals surface area (Å²) in [6.45, 7) is 17.7.